The molecule has 4 aromatic rings. The molecule has 4 rings (SSSR count). The molecule has 1 aromatic heterocycles. The predicted molar refractivity (Wildman–Crippen MR) is 150 cm³/mol. The first-order valence-electron chi connectivity index (χ1n) is 12.6. The van der Waals surface area contributed by atoms with Gasteiger partial charge in [0.2, 0.25) is 5.56 Å². The minimum absolute atomic E-state index is 0.104. The number of amides is 1. The van der Waals surface area contributed by atoms with Gasteiger partial charge in [0.25, 0.3) is 5.91 Å². The molecular formula is C30H30ClN3O4. The minimum Gasteiger partial charge on any atom is -0.463 e. The highest BCUT2D eigenvalue weighted by Gasteiger charge is 2.24. The molecule has 0 bridgehead atoms. The largest absolute Gasteiger partial charge is 0.463 e. The maximum absolute atomic E-state index is 13.1. The van der Waals surface area contributed by atoms with Crippen LogP contribution in [0.3, 0.4) is 0 Å². The van der Waals surface area contributed by atoms with Gasteiger partial charge in [-0.05, 0) is 60.8 Å². The van der Waals surface area contributed by atoms with E-state index < -0.39 is 17.9 Å². The number of nitrogens with one attached hydrogen (secondary N) is 3. The summed E-state index contributed by atoms with van der Waals surface area (Å²) in [5, 5.41) is 7.36. The van der Waals surface area contributed by atoms with E-state index in [1.54, 1.807) is 30.3 Å². The van der Waals surface area contributed by atoms with Crippen LogP contribution in [0.15, 0.2) is 89.7 Å². The highest BCUT2D eigenvalue weighted by molar-refractivity contribution is 6.30. The molecule has 3 aromatic carbocycles. The van der Waals surface area contributed by atoms with E-state index in [9.17, 15) is 14.4 Å². The highest BCUT2D eigenvalue weighted by Crippen LogP contribution is 2.17. The number of benzene rings is 3. The van der Waals surface area contributed by atoms with Crippen LogP contribution in [-0.4, -0.2) is 42.6 Å². The van der Waals surface area contributed by atoms with Crippen LogP contribution in [0.2, 0.25) is 5.02 Å². The second-order valence-electron chi connectivity index (χ2n) is 8.95. The number of hydrogen-bond acceptors (Lipinski definition) is 5. The third-order valence-electron chi connectivity index (χ3n) is 6.14. The molecule has 0 aliphatic heterocycles. The van der Waals surface area contributed by atoms with Crippen molar-refractivity contribution in [2.75, 3.05) is 19.7 Å². The van der Waals surface area contributed by atoms with Gasteiger partial charge in [-0.2, -0.15) is 0 Å². The summed E-state index contributed by atoms with van der Waals surface area (Å²) in [6.07, 6.45) is 2.04. The Morgan fingerprint density at radius 2 is 1.66 bits per heavy atom. The minimum atomic E-state index is -0.985. The molecule has 38 heavy (non-hydrogen) atoms. The molecule has 3 N–H and O–H groups in total. The van der Waals surface area contributed by atoms with E-state index in [0.717, 1.165) is 24.8 Å². The van der Waals surface area contributed by atoms with Crippen LogP contribution >= 0.6 is 11.6 Å². The lowest BCUT2D eigenvalue weighted by Crippen LogP contribution is -2.44. The molecule has 0 aliphatic carbocycles. The molecule has 0 saturated carbocycles. The molecule has 0 radical (unpaired) electrons. The van der Waals surface area contributed by atoms with Gasteiger partial charge in [0.05, 0.1) is 0 Å². The monoisotopic (exact) mass is 531 g/mol. The van der Waals surface area contributed by atoms with E-state index >= 15 is 0 Å². The van der Waals surface area contributed by atoms with Gasteiger partial charge in [-0.25, -0.2) is 4.79 Å². The molecule has 0 spiro atoms. The zero-order chi connectivity index (χ0) is 26.7. The van der Waals surface area contributed by atoms with E-state index in [-0.39, 0.29) is 18.6 Å². The van der Waals surface area contributed by atoms with Crippen molar-refractivity contribution >= 4 is 34.4 Å². The summed E-state index contributed by atoms with van der Waals surface area (Å²) in [4.78, 5) is 41.0. The van der Waals surface area contributed by atoms with E-state index in [4.69, 9.17) is 16.3 Å². The Morgan fingerprint density at radius 3 is 2.45 bits per heavy atom. The van der Waals surface area contributed by atoms with E-state index in [1.807, 2.05) is 36.4 Å². The van der Waals surface area contributed by atoms with E-state index in [2.05, 4.69) is 27.8 Å². The normalized spacial score (nSPS) is 11.7. The number of aryl methyl sites for hydroxylation is 1. The van der Waals surface area contributed by atoms with Crippen LogP contribution in [-0.2, 0) is 22.4 Å². The van der Waals surface area contributed by atoms with Gasteiger partial charge >= 0.3 is 5.97 Å². The molecule has 0 aliphatic rings. The summed E-state index contributed by atoms with van der Waals surface area (Å²) in [6.45, 7) is 1.45. The fraction of sp³-hybridized carbons (Fsp3) is 0.233. The van der Waals surface area contributed by atoms with Crippen LogP contribution < -0.4 is 16.2 Å². The van der Waals surface area contributed by atoms with Crippen LogP contribution in [0.1, 0.15) is 27.9 Å². The number of para-hydroxylation sites is 1. The standard InChI is InChI=1S/C30H30ClN3O4/c31-24-14-12-22(13-15-24)29(36)34-27(19-23-20-28(35)33-26-11-5-4-10-25(23)26)30(37)38-18-17-32-16-6-9-21-7-2-1-3-8-21/h1-5,7-8,10-15,20,27,32H,6,9,16-19H2,(H,33,35)(H,34,36). The maximum Gasteiger partial charge on any atom is 0.329 e. The smallest absolute Gasteiger partial charge is 0.329 e. The van der Waals surface area contributed by atoms with Crippen molar-refractivity contribution < 1.29 is 14.3 Å². The van der Waals surface area contributed by atoms with Crippen molar-refractivity contribution in [1.29, 1.82) is 0 Å². The number of carbonyl (C=O) groups is 2. The van der Waals surface area contributed by atoms with Gasteiger partial charge < -0.3 is 20.4 Å². The third-order valence-corrected chi connectivity index (χ3v) is 6.39. The van der Waals surface area contributed by atoms with Crippen molar-refractivity contribution in [3.8, 4) is 0 Å². The van der Waals surface area contributed by atoms with Gasteiger partial charge in [-0.3, -0.25) is 9.59 Å². The van der Waals surface area contributed by atoms with Gasteiger partial charge in [-0.15, -0.1) is 0 Å². The Bertz CT molecular complexity index is 1420. The summed E-state index contributed by atoms with van der Waals surface area (Å²) < 4.78 is 5.52. The molecule has 7 nitrogen and oxygen atoms in total. The van der Waals surface area contributed by atoms with Crippen molar-refractivity contribution in [1.82, 2.24) is 15.6 Å². The lowest BCUT2D eigenvalue weighted by atomic mass is 10.0. The average molecular weight is 532 g/mol. The number of carbonyl (C=O) groups excluding carboxylic acids is 2. The molecule has 1 amide bonds. The van der Waals surface area contributed by atoms with Crippen LogP contribution in [0.25, 0.3) is 10.9 Å². The summed E-state index contributed by atoms with van der Waals surface area (Å²) >= 11 is 5.94. The summed E-state index contributed by atoms with van der Waals surface area (Å²) in [6, 6.07) is 24.4. The number of halogens is 1. The average Bonchev–Trinajstić information content (AvgIpc) is 2.92. The first-order valence-corrected chi connectivity index (χ1v) is 13.0. The van der Waals surface area contributed by atoms with Gasteiger partial charge in [0.1, 0.15) is 12.6 Å². The number of ether oxygens (including phenoxy) is 1. The SMILES string of the molecule is O=C(NC(Cc1cc(=O)[nH]c2ccccc12)C(=O)OCCNCCCc1ccccc1)c1ccc(Cl)cc1. The lowest BCUT2D eigenvalue weighted by Gasteiger charge is -2.19. The predicted octanol–water partition coefficient (Wildman–Crippen LogP) is 4.29. The van der Waals surface area contributed by atoms with Crippen molar-refractivity contribution in [2.45, 2.75) is 25.3 Å². The summed E-state index contributed by atoms with van der Waals surface area (Å²) in [5.41, 5.74) is 2.66. The zero-order valence-electron chi connectivity index (χ0n) is 20.9. The molecule has 8 heteroatoms. The molecule has 0 saturated heterocycles. The molecule has 1 heterocycles. The first-order chi connectivity index (χ1) is 18.5. The van der Waals surface area contributed by atoms with Crippen LogP contribution in [0, 0.1) is 0 Å². The second-order valence-corrected chi connectivity index (χ2v) is 9.38. The molecule has 1 unspecified atom stereocenters. The fourth-order valence-corrected chi connectivity index (χ4v) is 4.34. The Kier molecular flexibility index (Phi) is 9.67. The number of rotatable bonds is 12. The zero-order valence-corrected chi connectivity index (χ0v) is 21.7. The fourth-order valence-electron chi connectivity index (χ4n) is 4.21. The topological polar surface area (TPSA) is 100 Å². The number of hydrogen-bond donors (Lipinski definition) is 3. The van der Waals surface area contributed by atoms with Crippen LogP contribution in [0.5, 0.6) is 0 Å². The first kappa shape index (κ1) is 27.1. The molecule has 1 atom stereocenters. The van der Waals surface area contributed by atoms with E-state index in [0.29, 0.717) is 28.2 Å². The quantitative estimate of drug-likeness (QED) is 0.187. The number of aromatic nitrogens is 1. The Balaban J connectivity index is 1.38. The number of aromatic amines is 1. The lowest BCUT2D eigenvalue weighted by molar-refractivity contribution is -0.145. The molecule has 0 fully saturated rings. The highest BCUT2D eigenvalue weighted by atomic mass is 35.5. The summed E-state index contributed by atoms with van der Waals surface area (Å²) in [7, 11) is 0. The van der Waals surface area contributed by atoms with Crippen molar-refractivity contribution in [3.63, 3.8) is 0 Å². The number of pyridine rings is 1. The number of fused-ring (bicyclic) bond motifs is 1. The second kappa shape index (κ2) is 13.6. The third kappa shape index (κ3) is 7.78. The Labute approximate surface area is 226 Å². The Morgan fingerprint density at radius 1 is 0.921 bits per heavy atom. The maximum atomic E-state index is 13.1. The summed E-state index contributed by atoms with van der Waals surface area (Å²) in [5.74, 6) is -1.00. The van der Waals surface area contributed by atoms with Gasteiger partial charge in [-0.1, -0.05) is 60.1 Å². The van der Waals surface area contributed by atoms with E-state index in [1.165, 1.54) is 11.6 Å². The van der Waals surface area contributed by atoms with Gasteiger partial charge in [0, 0.05) is 40.5 Å². The van der Waals surface area contributed by atoms with Crippen LogP contribution in [0.4, 0.5) is 0 Å². The molecular weight excluding hydrogens is 502 g/mol. The number of H-pyrrole nitrogens is 1. The Hall–Kier alpha value is -3.94. The molecule has 196 valence electrons. The number of esters is 1. The van der Waals surface area contributed by atoms with Crippen molar-refractivity contribution in [3.05, 3.63) is 117 Å². The van der Waals surface area contributed by atoms with Gasteiger partial charge in [0.15, 0.2) is 0 Å². The van der Waals surface area contributed by atoms with Crippen molar-refractivity contribution in [2.24, 2.45) is 0 Å².